The highest BCUT2D eigenvalue weighted by Crippen LogP contribution is 2.36. The van der Waals surface area contributed by atoms with Crippen LogP contribution >= 0.6 is 11.3 Å². The minimum absolute atomic E-state index is 0.0752. The Morgan fingerprint density at radius 1 is 1.22 bits per heavy atom. The van der Waals surface area contributed by atoms with Gasteiger partial charge in [0.2, 0.25) is 15.9 Å². The molecule has 1 fully saturated rings. The molecule has 1 saturated heterocycles. The number of carbonyl (C=O) groups excluding carboxylic acids is 1. The van der Waals surface area contributed by atoms with Gasteiger partial charge < -0.3 is 19.5 Å². The predicted molar refractivity (Wildman–Crippen MR) is 119 cm³/mol. The van der Waals surface area contributed by atoms with Crippen molar-refractivity contribution in [1.29, 1.82) is 0 Å². The van der Waals surface area contributed by atoms with Gasteiger partial charge in [-0.15, -0.1) is 0 Å². The zero-order valence-corrected chi connectivity index (χ0v) is 18.9. The lowest BCUT2D eigenvalue weighted by Gasteiger charge is -2.24. The van der Waals surface area contributed by atoms with Crippen LogP contribution in [0.4, 0.5) is 5.13 Å². The Kier molecular flexibility index (Phi) is 5.39. The van der Waals surface area contributed by atoms with Crippen molar-refractivity contribution in [2.75, 3.05) is 32.2 Å². The van der Waals surface area contributed by atoms with Gasteiger partial charge in [-0.2, -0.15) is 4.31 Å². The van der Waals surface area contributed by atoms with E-state index in [1.54, 1.807) is 19.2 Å². The highest BCUT2D eigenvalue weighted by Gasteiger charge is 2.40. The van der Waals surface area contributed by atoms with Crippen LogP contribution in [0.5, 0.6) is 17.2 Å². The number of sulfonamides is 1. The maximum Gasteiger partial charge on any atom is 0.244 e. The molecular weight excluding hydrogens is 454 g/mol. The summed E-state index contributed by atoms with van der Waals surface area (Å²) in [7, 11) is -2.33. The smallest absolute Gasteiger partial charge is 0.244 e. The molecule has 0 aliphatic carbocycles. The number of nitrogens with zero attached hydrogens (tertiary/aromatic N) is 2. The first-order valence-corrected chi connectivity index (χ1v) is 12.4. The molecule has 2 aromatic carbocycles. The Hall–Kier alpha value is -2.89. The summed E-state index contributed by atoms with van der Waals surface area (Å²) in [5.41, 5.74) is 0.655. The number of ether oxygens (including phenoxy) is 3. The fraction of sp³-hybridized carbons (Fsp3) is 0.333. The van der Waals surface area contributed by atoms with Crippen LogP contribution in [0.3, 0.4) is 0 Å². The molecule has 1 unspecified atom stereocenters. The summed E-state index contributed by atoms with van der Waals surface area (Å²) in [6.45, 7) is 1.05. The molecule has 3 aromatic rings. The average Bonchev–Trinajstić information content (AvgIpc) is 3.46. The number of amides is 1. The zero-order valence-electron chi connectivity index (χ0n) is 17.2. The molecule has 168 valence electrons. The number of nitrogens with one attached hydrogen (secondary N) is 1. The third-order valence-electron chi connectivity index (χ3n) is 5.46. The molecular formula is C21H21N3O6S2. The molecule has 11 heteroatoms. The lowest BCUT2D eigenvalue weighted by atomic mass is 10.2. The van der Waals surface area contributed by atoms with Crippen molar-refractivity contribution < 1.29 is 27.4 Å². The van der Waals surface area contributed by atoms with Gasteiger partial charge in [-0.1, -0.05) is 17.4 Å². The van der Waals surface area contributed by atoms with E-state index in [-0.39, 0.29) is 11.4 Å². The van der Waals surface area contributed by atoms with Gasteiger partial charge in [0.15, 0.2) is 16.6 Å². The summed E-state index contributed by atoms with van der Waals surface area (Å²) in [5, 5.41) is 3.19. The number of hydrogen-bond donors (Lipinski definition) is 1. The van der Waals surface area contributed by atoms with Gasteiger partial charge in [0.05, 0.1) is 16.7 Å². The summed E-state index contributed by atoms with van der Waals surface area (Å²) in [6, 6.07) is 9.24. The minimum Gasteiger partial charge on any atom is -0.494 e. The van der Waals surface area contributed by atoms with Gasteiger partial charge in [0, 0.05) is 12.6 Å². The van der Waals surface area contributed by atoms with E-state index in [0.717, 1.165) is 4.70 Å². The first kappa shape index (κ1) is 21.0. The second kappa shape index (κ2) is 8.23. The molecule has 0 saturated carbocycles. The van der Waals surface area contributed by atoms with Crippen LogP contribution in [0, 0.1) is 0 Å². The molecule has 2 aliphatic heterocycles. The van der Waals surface area contributed by atoms with E-state index in [1.807, 2.05) is 12.1 Å². The van der Waals surface area contributed by atoms with Gasteiger partial charge in [0.1, 0.15) is 30.5 Å². The molecule has 1 amide bonds. The fourth-order valence-electron chi connectivity index (χ4n) is 3.94. The molecule has 3 heterocycles. The molecule has 1 aromatic heterocycles. The molecule has 2 aliphatic rings. The van der Waals surface area contributed by atoms with Crippen LogP contribution in [0.1, 0.15) is 12.8 Å². The Balaban J connectivity index is 1.39. The van der Waals surface area contributed by atoms with Crippen LogP contribution in [0.15, 0.2) is 41.3 Å². The standard InChI is InChI=1S/C21H21N3O6S2/c1-28-16-5-2-6-18-19(16)22-21(31-18)23-20(25)14-4-3-9-24(14)32(26,27)13-7-8-15-17(12-13)30-11-10-29-15/h2,5-8,12,14H,3-4,9-11H2,1H3,(H,22,23,25). The van der Waals surface area contributed by atoms with Crippen LogP contribution < -0.4 is 19.5 Å². The third-order valence-corrected chi connectivity index (χ3v) is 8.30. The van der Waals surface area contributed by atoms with Crippen LogP contribution in [0.25, 0.3) is 10.2 Å². The van der Waals surface area contributed by atoms with E-state index in [4.69, 9.17) is 14.2 Å². The molecule has 9 nitrogen and oxygen atoms in total. The lowest BCUT2D eigenvalue weighted by molar-refractivity contribution is -0.119. The number of hydrogen-bond acceptors (Lipinski definition) is 8. The molecule has 32 heavy (non-hydrogen) atoms. The van der Waals surface area contributed by atoms with Gasteiger partial charge in [0.25, 0.3) is 0 Å². The van der Waals surface area contributed by atoms with E-state index in [2.05, 4.69) is 10.3 Å². The van der Waals surface area contributed by atoms with Crippen molar-refractivity contribution in [1.82, 2.24) is 9.29 Å². The first-order chi connectivity index (χ1) is 15.5. The number of para-hydroxylation sites is 1. The summed E-state index contributed by atoms with van der Waals surface area (Å²) < 4.78 is 45.1. The van der Waals surface area contributed by atoms with E-state index < -0.39 is 22.0 Å². The van der Waals surface area contributed by atoms with E-state index in [0.29, 0.717) is 54.0 Å². The molecule has 0 bridgehead atoms. The topological polar surface area (TPSA) is 107 Å². The van der Waals surface area contributed by atoms with Gasteiger partial charge in [-0.3, -0.25) is 4.79 Å². The van der Waals surface area contributed by atoms with Crippen molar-refractivity contribution >= 4 is 42.6 Å². The normalized spacial score (nSPS) is 18.6. The summed E-state index contributed by atoms with van der Waals surface area (Å²) in [6.07, 6.45) is 1.03. The fourth-order valence-corrected chi connectivity index (χ4v) is 6.50. The number of carbonyl (C=O) groups is 1. The van der Waals surface area contributed by atoms with Crippen molar-refractivity contribution in [3.63, 3.8) is 0 Å². The number of aromatic nitrogens is 1. The number of fused-ring (bicyclic) bond motifs is 2. The largest absolute Gasteiger partial charge is 0.494 e. The van der Waals surface area contributed by atoms with E-state index >= 15 is 0 Å². The SMILES string of the molecule is COc1cccc2sc(NC(=O)C3CCCN3S(=O)(=O)c3ccc4c(c3)OCCO4)nc12. The minimum atomic E-state index is -3.89. The maximum atomic E-state index is 13.3. The molecule has 5 rings (SSSR count). The second-order valence-electron chi connectivity index (χ2n) is 7.39. The van der Waals surface area contributed by atoms with Crippen molar-refractivity contribution in [3.8, 4) is 17.2 Å². The van der Waals surface area contributed by atoms with Crippen LogP contribution in [0.2, 0.25) is 0 Å². The second-order valence-corrected chi connectivity index (χ2v) is 10.3. The predicted octanol–water partition coefficient (Wildman–Crippen LogP) is 2.87. The van der Waals surface area contributed by atoms with Gasteiger partial charge in [-0.05, 0) is 37.1 Å². The molecule has 1 atom stereocenters. The summed E-state index contributed by atoms with van der Waals surface area (Å²) in [4.78, 5) is 17.6. The Morgan fingerprint density at radius 3 is 2.84 bits per heavy atom. The first-order valence-electron chi connectivity index (χ1n) is 10.1. The lowest BCUT2D eigenvalue weighted by Crippen LogP contribution is -2.43. The Morgan fingerprint density at radius 2 is 2.03 bits per heavy atom. The molecule has 0 radical (unpaired) electrons. The molecule has 1 N–H and O–H groups in total. The maximum absolute atomic E-state index is 13.3. The van der Waals surface area contributed by atoms with Crippen molar-refractivity contribution in [2.45, 2.75) is 23.8 Å². The molecule has 0 spiro atoms. The zero-order chi connectivity index (χ0) is 22.3. The summed E-state index contributed by atoms with van der Waals surface area (Å²) in [5.74, 6) is 1.11. The quantitative estimate of drug-likeness (QED) is 0.605. The van der Waals surface area contributed by atoms with Crippen molar-refractivity contribution in [2.24, 2.45) is 0 Å². The van der Waals surface area contributed by atoms with Gasteiger partial charge in [-0.25, -0.2) is 13.4 Å². The number of rotatable bonds is 5. The number of benzene rings is 2. The van der Waals surface area contributed by atoms with Crippen molar-refractivity contribution in [3.05, 3.63) is 36.4 Å². The highest BCUT2D eigenvalue weighted by atomic mass is 32.2. The van der Waals surface area contributed by atoms with Crippen LogP contribution in [-0.4, -0.2) is 56.5 Å². The highest BCUT2D eigenvalue weighted by molar-refractivity contribution is 7.89. The average molecular weight is 476 g/mol. The monoisotopic (exact) mass is 475 g/mol. The van der Waals surface area contributed by atoms with Crippen LogP contribution in [-0.2, 0) is 14.8 Å². The van der Waals surface area contributed by atoms with E-state index in [9.17, 15) is 13.2 Å². The number of thiazole rings is 1. The Labute approximate surface area is 189 Å². The number of anilines is 1. The third kappa shape index (κ3) is 3.65. The van der Waals surface area contributed by atoms with Gasteiger partial charge >= 0.3 is 0 Å². The number of methoxy groups -OCH3 is 1. The van der Waals surface area contributed by atoms with E-state index in [1.165, 1.54) is 27.8 Å². The summed E-state index contributed by atoms with van der Waals surface area (Å²) >= 11 is 1.31. The Bertz CT molecular complexity index is 1290.